The fourth-order valence-corrected chi connectivity index (χ4v) is 1.91. The van der Waals surface area contributed by atoms with Gasteiger partial charge in [0.25, 0.3) is 0 Å². The van der Waals surface area contributed by atoms with Gasteiger partial charge in [-0.1, -0.05) is 11.8 Å². The summed E-state index contributed by atoms with van der Waals surface area (Å²) >= 11 is 1.45. The van der Waals surface area contributed by atoms with Gasteiger partial charge < -0.3 is 9.64 Å². The third-order valence-electron chi connectivity index (χ3n) is 2.49. The van der Waals surface area contributed by atoms with Gasteiger partial charge in [0.05, 0.1) is 6.61 Å². The van der Waals surface area contributed by atoms with Gasteiger partial charge in [0.1, 0.15) is 11.4 Å². The molecule has 0 unspecified atom stereocenters. The number of carbonyl (C=O) groups excluding carboxylic acids is 1. The van der Waals surface area contributed by atoms with Crippen LogP contribution in [0.3, 0.4) is 0 Å². The number of carbonyl (C=O) groups is 1. The Balaban J connectivity index is 3.19. The van der Waals surface area contributed by atoms with Gasteiger partial charge in [0.2, 0.25) is 0 Å². The Labute approximate surface area is 112 Å². The van der Waals surface area contributed by atoms with Crippen LogP contribution in [0.1, 0.15) is 31.1 Å². The molecule has 1 aromatic rings. The summed E-state index contributed by atoms with van der Waals surface area (Å²) in [6, 6.07) is 0. The van der Waals surface area contributed by atoms with Gasteiger partial charge in [-0.05, 0) is 27.0 Å². The normalized spacial score (nSPS) is 10.2. The average molecular weight is 269 g/mol. The molecule has 0 bridgehead atoms. The molecule has 0 saturated heterocycles. The highest BCUT2D eigenvalue weighted by atomic mass is 32.2. The summed E-state index contributed by atoms with van der Waals surface area (Å²) in [6.45, 7) is 7.76. The van der Waals surface area contributed by atoms with Crippen molar-refractivity contribution in [2.75, 3.05) is 30.9 Å². The molecule has 0 saturated carbocycles. The van der Waals surface area contributed by atoms with Gasteiger partial charge in [-0.2, -0.15) is 0 Å². The van der Waals surface area contributed by atoms with Crippen LogP contribution in [0.2, 0.25) is 0 Å². The molecule has 0 N–H and O–H groups in total. The number of aromatic nitrogens is 2. The van der Waals surface area contributed by atoms with Crippen LogP contribution in [0.4, 0.5) is 5.82 Å². The lowest BCUT2D eigenvalue weighted by Crippen LogP contribution is -2.26. The van der Waals surface area contributed by atoms with Crippen molar-refractivity contribution in [2.24, 2.45) is 0 Å². The molecule has 5 nitrogen and oxygen atoms in total. The molecule has 0 atom stereocenters. The Morgan fingerprint density at radius 2 is 2.06 bits per heavy atom. The number of rotatable bonds is 6. The molecule has 0 fully saturated rings. The molecule has 0 spiro atoms. The van der Waals surface area contributed by atoms with E-state index in [1.807, 2.05) is 25.0 Å². The van der Waals surface area contributed by atoms with Crippen molar-refractivity contribution in [2.45, 2.75) is 25.9 Å². The minimum Gasteiger partial charge on any atom is -0.462 e. The van der Waals surface area contributed by atoms with Crippen LogP contribution in [0.15, 0.2) is 11.4 Å². The molecule has 0 aromatic carbocycles. The Hall–Kier alpha value is -1.30. The van der Waals surface area contributed by atoms with E-state index in [9.17, 15) is 4.79 Å². The lowest BCUT2D eigenvalue weighted by atomic mass is 10.3. The standard InChI is InChI=1S/C12H19N3O2S/c1-5-15(6-2)10-9(11(16)17-7-3)8-13-12(14-10)18-4/h8H,5-7H2,1-4H3. The van der Waals surface area contributed by atoms with Crippen molar-refractivity contribution in [1.29, 1.82) is 0 Å². The molecule has 1 heterocycles. The summed E-state index contributed by atoms with van der Waals surface area (Å²) in [5.74, 6) is 0.282. The first-order valence-corrected chi connectivity index (χ1v) is 7.23. The molecule has 0 amide bonds. The van der Waals surface area contributed by atoms with Crippen molar-refractivity contribution in [3.05, 3.63) is 11.8 Å². The highest BCUT2D eigenvalue weighted by Crippen LogP contribution is 2.21. The van der Waals surface area contributed by atoms with Crippen LogP contribution in [0.5, 0.6) is 0 Å². The molecular formula is C12H19N3O2S. The van der Waals surface area contributed by atoms with E-state index in [0.717, 1.165) is 13.1 Å². The maximum absolute atomic E-state index is 11.9. The third kappa shape index (κ3) is 3.35. The Morgan fingerprint density at radius 3 is 2.56 bits per heavy atom. The monoisotopic (exact) mass is 269 g/mol. The second-order valence-electron chi connectivity index (χ2n) is 3.49. The van der Waals surface area contributed by atoms with Crippen LogP contribution >= 0.6 is 11.8 Å². The molecule has 100 valence electrons. The second kappa shape index (κ2) is 7.20. The van der Waals surface area contributed by atoms with E-state index in [1.165, 1.54) is 11.8 Å². The quantitative estimate of drug-likeness (QED) is 0.448. The fraction of sp³-hybridized carbons (Fsp3) is 0.583. The minimum absolute atomic E-state index is 0.348. The number of nitrogens with zero attached hydrogens (tertiary/aromatic N) is 3. The Morgan fingerprint density at radius 1 is 1.39 bits per heavy atom. The zero-order valence-electron chi connectivity index (χ0n) is 11.3. The van der Waals surface area contributed by atoms with Gasteiger partial charge in [0.15, 0.2) is 5.16 Å². The highest BCUT2D eigenvalue weighted by molar-refractivity contribution is 7.98. The maximum Gasteiger partial charge on any atom is 0.343 e. The van der Waals surface area contributed by atoms with Gasteiger partial charge >= 0.3 is 5.97 Å². The lowest BCUT2D eigenvalue weighted by Gasteiger charge is -2.22. The maximum atomic E-state index is 11.9. The van der Waals surface area contributed by atoms with Crippen LogP contribution in [0, 0.1) is 0 Å². The van der Waals surface area contributed by atoms with Crippen LogP contribution < -0.4 is 4.90 Å². The van der Waals surface area contributed by atoms with Crippen LogP contribution in [0.25, 0.3) is 0 Å². The molecule has 6 heteroatoms. The Kier molecular flexibility index (Phi) is 5.91. The van der Waals surface area contributed by atoms with E-state index in [-0.39, 0.29) is 5.97 Å². The topological polar surface area (TPSA) is 55.3 Å². The summed E-state index contributed by atoms with van der Waals surface area (Å²) in [7, 11) is 0. The van der Waals surface area contributed by atoms with Crippen molar-refractivity contribution < 1.29 is 9.53 Å². The van der Waals surface area contributed by atoms with Gasteiger partial charge in [-0.3, -0.25) is 0 Å². The van der Waals surface area contributed by atoms with Crippen LogP contribution in [-0.4, -0.2) is 41.9 Å². The van der Waals surface area contributed by atoms with Gasteiger partial charge in [-0.25, -0.2) is 14.8 Å². The van der Waals surface area contributed by atoms with E-state index in [4.69, 9.17) is 4.74 Å². The van der Waals surface area contributed by atoms with Crippen molar-refractivity contribution >= 4 is 23.5 Å². The molecule has 0 aliphatic heterocycles. The largest absolute Gasteiger partial charge is 0.462 e. The van der Waals surface area contributed by atoms with E-state index in [1.54, 1.807) is 13.1 Å². The summed E-state index contributed by atoms with van der Waals surface area (Å²) in [5, 5.41) is 0.657. The predicted molar refractivity (Wildman–Crippen MR) is 73.3 cm³/mol. The molecular weight excluding hydrogens is 250 g/mol. The average Bonchev–Trinajstić information content (AvgIpc) is 2.40. The van der Waals surface area contributed by atoms with E-state index in [0.29, 0.717) is 23.1 Å². The van der Waals surface area contributed by atoms with Gasteiger partial charge in [-0.15, -0.1) is 0 Å². The van der Waals surface area contributed by atoms with E-state index < -0.39 is 0 Å². The molecule has 1 rings (SSSR count). The first kappa shape index (κ1) is 14.8. The molecule has 0 aliphatic carbocycles. The van der Waals surface area contributed by atoms with Gasteiger partial charge in [0, 0.05) is 19.3 Å². The van der Waals surface area contributed by atoms with Crippen molar-refractivity contribution in [3.63, 3.8) is 0 Å². The SMILES string of the molecule is CCOC(=O)c1cnc(SC)nc1N(CC)CC. The van der Waals surface area contributed by atoms with Crippen LogP contribution in [-0.2, 0) is 4.74 Å². The summed E-state index contributed by atoms with van der Waals surface area (Å²) in [5.41, 5.74) is 0.429. The van der Waals surface area contributed by atoms with Crippen molar-refractivity contribution in [3.8, 4) is 0 Å². The molecule has 0 radical (unpaired) electrons. The molecule has 0 aliphatic rings. The zero-order valence-corrected chi connectivity index (χ0v) is 12.1. The summed E-state index contributed by atoms with van der Waals surface area (Å²) in [6.07, 6.45) is 3.45. The van der Waals surface area contributed by atoms with Crippen molar-refractivity contribution in [1.82, 2.24) is 9.97 Å². The first-order chi connectivity index (χ1) is 8.67. The fourth-order valence-electron chi connectivity index (χ4n) is 1.57. The number of hydrogen-bond donors (Lipinski definition) is 0. The molecule has 18 heavy (non-hydrogen) atoms. The summed E-state index contributed by atoms with van der Waals surface area (Å²) in [4.78, 5) is 22.4. The predicted octanol–water partition coefficient (Wildman–Crippen LogP) is 2.22. The second-order valence-corrected chi connectivity index (χ2v) is 4.26. The number of anilines is 1. The third-order valence-corrected chi connectivity index (χ3v) is 3.05. The van der Waals surface area contributed by atoms with E-state index in [2.05, 4.69) is 9.97 Å². The minimum atomic E-state index is -0.368. The smallest absolute Gasteiger partial charge is 0.343 e. The highest BCUT2D eigenvalue weighted by Gasteiger charge is 2.19. The molecule has 1 aromatic heterocycles. The number of thioether (sulfide) groups is 1. The number of esters is 1. The Bertz CT molecular complexity index is 408. The van der Waals surface area contributed by atoms with E-state index >= 15 is 0 Å². The zero-order chi connectivity index (χ0) is 13.5. The number of hydrogen-bond acceptors (Lipinski definition) is 6. The lowest BCUT2D eigenvalue weighted by molar-refractivity contribution is 0.0526. The summed E-state index contributed by atoms with van der Waals surface area (Å²) < 4.78 is 5.03. The number of ether oxygens (including phenoxy) is 1. The first-order valence-electron chi connectivity index (χ1n) is 6.00.